The molecule has 0 spiro atoms. The van der Waals surface area contributed by atoms with Gasteiger partial charge in [0.15, 0.2) is 0 Å². The molecule has 0 bridgehead atoms. The quantitative estimate of drug-likeness (QED) is 0.827. The van der Waals surface area contributed by atoms with Gasteiger partial charge in [-0.25, -0.2) is 4.39 Å². The molecule has 0 heterocycles. The lowest BCUT2D eigenvalue weighted by molar-refractivity contribution is -0.116. The Balaban J connectivity index is 1.95. The van der Waals surface area contributed by atoms with Crippen LogP contribution in [0.3, 0.4) is 0 Å². The van der Waals surface area contributed by atoms with Gasteiger partial charge in [0.25, 0.3) is 0 Å². The van der Waals surface area contributed by atoms with E-state index < -0.39 is 0 Å². The van der Waals surface area contributed by atoms with Gasteiger partial charge in [-0.05, 0) is 35.9 Å². The number of hydrogen-bond acceptors (Lipinski definition) is 1. The summed E-state index contributed by atoms with van der Waals surface area (Å²) in [5.74, 6) is -0.589. The van der Waals surface area contributed by atoms with E-state index in [9.17, 15) is 9.18 Å². The summed E-state index contributed by atoms with van der Waals surface area (Å²) in [7, 11) is 0. The highest BCUT2D eigenvalue weighted by molar-refractivity contribution is 6.37. The summed E-state index contributed by atoms with van der Waals surface area (Å²) in [6.45, 7) is 0.319. The zero-order valence-corrected chi connectivity index (χ0v) is 12.5. The van der Waals surface area contributed by atoms with E-state index in [1.165, 1.54) is 18.2 Å². The van der Waals surface area contributed by atoms with Crippen molar-refractivity contribution in [1.29, 1.82) is 0 Å². The number of carbonyl (C=O) groups excluding carboxylic acids is 1. The Bertz CT molecular complexity index is 648. The fourth-order valence-electron chi connectivity index (χ4n) is 1.68. The molecule has 0 radical (unpaired) electrons. The third-order valence-electron chi connectivity index (χ3n) is 2.78. The molecule has 0 saturated carbocycles. The maximum absolute atomic E-state index is 12.7. The molecule has 5 heteroatoms. The van der Waals surface area contributed by atoms with Crippen LogP contribution in [-0.4, -0.2) is 5.91 Å². The molecular weight excluding hydrogens is 312 g/mol. The van der Waals surface area contributed by atoms with Gasteiger partial charge in [0.1, 0.15) is 5.82 Å². The molecule has 2 nitrogen and oxygen atoms in total. The minimum atomic E-state index is -0.307. The molecule has 0 aliphatic carbocycles. The highest BCUT2D eigenvalue weighted by Crippen LogP contribution is 2.25. The van der Waals surface area contributed by atoms with Gasteiger partial charge in [0, 0.05) is 28.2 Å². The third-order valence-corrected chi connectivity index (χ3v) is 3.44. The van der Waals surface area contributed by atoms with Crippen LogP contribution in [0.1, 0.15) is 11.1 Å². The van der Waals surface area contributed by atoms with Crippen LogP contribution in [-0.2, 0) is 11.3 Å². The largest absolute Gasteiger partial charge is 0.348 e. The molecule has 1 N–H and O–H groups in total. The lowest BCUT2D eigenvalue weighted by Gasteiger charge is -2.03. The second kappa shape index (κ2) is 7.25. The molecule has 0 unspecified atom stereocenters. The van der Waals surface area contributed by atoms with Crippen LogP contribution in [0.2, 0.25) is 10.0 Å². The number of amides is 1. The second-order valence-corrected chi connectivity index (χ2v) is 5.13. The molecule has 0 atom stereocenters. The van der Waals surface area contributed by atoms with Crippen LogP contribution in [0.4, 0.5) is 4.39 Å². The van der Waals surface area contributed by atoms with E-state index in [0.29, 0.717) is 22.2 Å². The van der Waals surface area contributed by atoms with Crippen molar-refractivity contribution < 1.29 is 9.18 Å². The van der Waals surface area contributed by atoms with E-state index >= 15 is 0 Å². The summed E-state index contributed by atoms with van der Waals surface area (Å²) in [6, 6.07) is 11.1. The van der Waals surface area contributed by atoms with Crippen LogP contribution < -0.4 is 5.32 Å². The SMILES string of the molecule is O=C(/C=C/c1c(Cl)cccc1Cl)NCc1ccc(F)cc1. The van der Waals surface area contributed by atoms with Crippen molar-refractivity contribution in [3.05, 3.63) is 75.5 Å². The molecule has 0 aliphatic heterocycles. The minimum Gasteiger partial charge on any atom is -0.348 e. The van der Waals surface area contributed by atoms with Gasteiger partial charge < -0.3 is 5.32 Å². The van der Waals surface area contributed by atoms with Gasteiger partial charge in [-0.3, -0.25) is 4.79 Å². The summed E-state index contributed by atoms with van der Waals surface area (Å²) in [6.07, 6.45) is 2.92. The fourth-order valence-corrected chi connectivity index (χ4v) is 2.20. The Morgan fingerprint density at radius 2 is 1.71 bits per heavy atom. The Hall–Kier alpha value is -1.84. The monoisotopic (exact) mass is 323 g/mol. The molecule has 2 aromatic rings. The molecule has 0 aromatic heterocycles. The van der Waals surface area contributed by atoms with Gasteiger partial charge in [-0.15, -0.1) is 0 Å². The standard InChI is InChI=1S/C16H12Cl2FNO/c17-14-2-1-3-15(18)13(14)8-9-16(21)20-10-11-4-6-12(19)7-5-11/h1-9H,10H2,(H,20,21)/b9-8+. The molecule has 0 saturated heterocycles. The van der Waals surface area contributed by atoms with Crippen LogP contribution in [0.25, 0.3) is 6.08 Å². The molecule has 108 valence electrons. The van der Waals surface area contributed by atoms with E-state index in [0.717, 1.165) is 5.56 Å². The van der Waals surface area contributed by atoms with Crippen molar-refractivity contribution in [2.75, 3.05) is 0 Å². The van der Waals surface area contributed by atoms with Gasteiger partial charge in [0.05, 0.1) is 0 Å². The number of rotatable bonds is 4. The van der Waals surface area contributed by atoms with Crippen LogP contribution in [0, 0.1) is 5.82 Å². The summed E-state index contributed by atoms with van der Waals surface area (Å²) in [5.41, 5.74) is 1.41. The summed E-state index contributed by atoms with van der Waals surface area (Å²) < 4.78 is 12.7. The normalized spacial score (nSPS) is 10.8. The van der Waals surface area contributed by atoms with Gasteiger partial charge in [-0.1, -0.05) is 41.4 Å². The maximum Gasteiger partial charge on any atom is 0.244 e. The Morgan fingerprint density at radius 1 is 1.10 bits per heavy atom. The van der Waals surface area contributed by atoms with Crippen LogP contribution >= 0.6 is 23.2 Å². The Morgan fingerprint density at radius 3 is 2.33 bits per heavy atom. The number of carbonyl (C=O) groups is 1. The maximum atomic E-state index is 12.7. The average molecular weight is 324 g/mol. The van der Waals surface area contributed by atoms with E-state index in [-0.39, 0.29) is 11.7 Å². The number of halogens is 3. The molecule has 0 aliphatic rings. The highest BCUT2D eigenvalue weighted by atomic mass is 35.5. The lowest BCUT2D eigenvalue weighted by atomic mass is 10.2. The first-order chi connectivity index (χ1) is 10.1. The first kappa shape index (κ1) is 15.5. The van der Waals surface area contributed by atoms with Crippen LogP contribution in [0.5, 0.6) is 0 Å². The molecule has 21 heavy (non-hydrogen) atoms. The van der Waals surface area contributed by atoms with Crippen molar-refractivity contribution in [3.8, 4) is 0 Å². The smallest absolute Gasteiger partial charge is 0.244 e. The molecule has 2 rings (SSSR count). The number of benzene rings is 2. The highest BCUT2D eigenvalue weighted by Gasteiger charge is 2.03. The van der Waals surface area contributed by atoms with Crippen molar-refractivity contribution >= 4 is 35.2 Å². The summed E-state index contributed by atoms with van der Waals surface area (Å²) in [5, 5.41) is 3.65. The fraction of sp³-hybridized carbons (Fsp3) is 0.0625. The van der Waals surface area contributed by atoms with Crippen LogP contribution in [0.15, 0.2) is 48.5 Å². The van der Waals surface area contributed by atoms with Gasteiger partial charge in [0.2, 0.25) is 5.91 Å². The van der Waals surface area contributed by atoms with Gasteiger partial charge >= 0.3 is 0 Å². The molecular formula is C16H12Cl2FNO. The first-order valence-electron chi connectivity index (χ1n) is 6.20. The second-order valence-electron chi connectivity index (χ2n) is 4.31. The average Bonchev–Trinajstić information content (AvgIpc) is 2.46. The minimum absolute atomic E-state index is 0.282. The van der Waals surface area contributed by atoms with Crippen molar-refractivity contribution in [3.63, 3.8) is 0 Å². The van der Waals surface area contributed by atoms with Crippen molar-refractivity contribution in [2.45, 2.75) is 6.54 Å². The predicted octanol–water partition coefficient (Wildman–Crippen LogP) is 4.46. The third kappa shape index (κ3) is 4.59. The topological polar surface area (TPSA) is 29.1 Å². The first-order valence-corrected chi connectivity index (χ1v) is 6.96. The van der Waals surface area contributed by atoms with Gasteiger partial charge in [-0.2, -0.15) is 0 Å². The summed E-state index contributed by atoms with van der Waals surface area (Å²) >= 11 is 12.0. The van der Waals surface area contributed by atoms with E-state index in [1.807, 2.05) is 0 Å². The Labute approximate surface area is 132 Å². The number of nitrogens with one attached hydrogen (secondary N) is 1. The van der Waals surface area contributed by atoms with E-state index in [4.69, 9.17) is 23.2 Å². The number of hydrogen-bond donors (Lipinski definition) is 1. The summed E-state index contributed by atoms with van der Waals surface area (Å²) in [4.78, 5) is 11.7. The molecule has 2 aromatic carbocycles. The lowest BCUT2D eigenvalue weighted by Crippen LogP contribution is -2.20. The zero-order chi connectivity index (χ0) is 15.2. The predicted molar refractivity (Wildman–Crippen MR) is 83.7 cm³/mol. The van der Waals surface area contributed by atoms with E-state index in [2.05, 4.69) is 5.32 Å². The Kier molecular flexibility index (Phi) is 5.37. The van der Waals surface area contributed by atoms with E-state index in [1.54, 1.807) is 36.4 Å². The van der Waals surface area contributed by atoms with Crippen molar-refractivity contribution in [1.82, 2.24) is 5.32 Å². The van der Waals surface area contributed by atoms with Crippen molar-refractivity contribution in [2.24, 2.45) is 0 Å². The molecule has 1 amide bonds. The zero-order valence-electron chi connectivity index (χ0n) is 10.9. The molecule has 0 fully saturated rings.